The molecule has 3 rings (SSSR count). The number of nitriles is 1. The van der Waals surface area contributed by atoms with Gasteiger partial charge in [0.1, 0.15) is 23.2 Å². The third kappa shape index (κ3) is 3.45. The van der Waals surface area contributed by atoms with Gasteiger partial charge in [0.15, 0.2) is 0 Å². The molecule has 8 heteroatoms. The molecule has 27 heavy (non-hydrogen) atoms. The van der Waals surface area contributed by atoms with E-state index in [1.165, 1.54) is 19.1 Å². The van der Waals surface area contributed by atoms with Gasteiger partial charge in [0.05, 0.1) is 5.97 Å². The van der Waals surface area contributed by atoms with E-state index in [1.54, 1.807) is 30.3 Å². The molecule has 0 aliphatic carbocycles. The highest BCUT2D eigenvalue weighted by Gasteiger charge is 2.27. The molecule has 0 saturated carbocycles. The van der Waals surface area contributed by atoms with Crippen LogP contribution < -0.4 is 10.4 Å². The van der Waals surface area contributed by atoms with Crippen LogP contribution in [0.3, 0.4) is 0 Å². The lowest BCUT2D eigenvalue weighted by Crippen LogP contribution is -2.37. The van der Waals surface area contributed by atoms with Crippen molar-refractivity contribution < 1.29 is 23.9 Å². The van der Waals surface area contributed by atoms with Crippen molar-refractivity contribution in [2.45, 2.75) is 6.92 Å². The molecule has 2 amide bonds. The van der Waals surface area contributed by atoms with E-state index in [0.29, 0.717) is 10.0 Å². The van der Waals surface area contributed by atoms with Gasteiger partial charge in [-0.25, -0.2) is 0 Å². The maximum Gasteiger partial charge on any atom is 0.269 e. The molecule has 0 atom stereocenters. The average molecular weight is 426 g/mol. The number of nitrogens with zero attached hydrogens (tertiary/aromatic N) is 1. The molecule has 1 aliphatic heterocycles. The van der Waals surface area contributed by atoms with Crippen molar-refractivity contribution in [1.82, 2.24) is 5.32 Å². The number of hydrogen-bond acceptors (Lipinski definition) is 6. The van der Waals surface area contributed by atoms with E-state index in [9.17, 15) is 19.5 Å². The summed E-state index contributed by atoms with van der Waals surface area (Å²) in [6.45, 7) is 1.49. The maximum atomic E-state index is 12.1. The molecule has 0 spiro atoms. The lowest BCUT2D eigenvalue weighted by Gasteiger charge is -2.15. The van der Waals surface area contributed by atoms with E-state index < -0.39 is 17.8 Å². The van der Waals surface area contributed by atoms with Gasteiger partial charge >= 0.3 is 0 Å². The van der Waals surface area contributed by atoms with Crippen LogP contribution >= 0.6 is 15.9 Å². The predicted octanol–water partition coefficient (Wildman–Crippen LogP) is 1.95. The zero-order valence-corrected chi connectivity index (χ0v) is 15.4. The highest BCUT2D eigenvalue weighted by atomic mass is 79.9. The van der Waals surface area contributed by atoms with Gasteiger partial charge in [0, 0.05) is 21.2 Å². The number of amides is 2. The largest absolute Gasteiger partial charge is 0.545 e. The number of carbonyl (C=O) groups excluding carboxylic acids is 3. The number of nitrogens with one attached hydrogen (secondary N) is 1. The number of imide groups is 1. The second-order valence-corrected chi connectivity index (χ2v) is 6.55. The zero-order valence-electron chi connectivity index (χ0n) is 13.8. The molecule has 134 valence electrons. The maximum absolute atomic E-state index is 12.1. The molecule has 2 heterocycles. The first-order valence-electron chi connectivity index (χ1n) is 7.61. The first-order valence-corrected chi connectivity index (χ1v) is 8.41. The van der Waals surface area contributed by atoms with Gasteiger partial charge < -0.3 is 14.3 Å². The Morgan fingerprint density at radius 1 is 1.26 bits per heavy atom. The van der Waals surface area contributed by atoms with Crippen LogP contribution in [0, 0.1) is 11.3 Å². The second kappa shape index (κ2) is 7.05. The van der Waals surface area contributed by atoms with Crippen LogP contribution in [0.15, 0.2) is 55.9 Å². The van der Waals surface area contributed by atoms with E-state index in [2.05, 4.69) is 21.2 Å². The lowest BCUT2D eigenvalue weighted by molar-refractivity contribution is -0.255. The Kier molecular flexibility index (Phi) is 4.79. The molecular formula is C19H10BrN2O5-. The fourth-order valence-electron chi connectivity index (χ4n) is 2.63. The zero-order chi connectivity index (χ0) is 19.7. The predicted molar refractivity (Wildman–Crippen MR) is 95.6 cm³/mol. The number of carboxylic acid groups (broad SMARTS) is 1. The summed E-state index contributed by atoms with van der Waals surface area (Å²) in [7, 11) is 0. The number of benzene rings is 1. The summed E-state index contributed by atoms with van der Waals surface area (Å²) >= 11 is 3.20. The molecule has 0 unspecified atom stereocenters. The molecule has 2 aromatic rings. The van der Waals surface area contributed by atoms with Gasteiger partial charge in [-0.3, -0.25) is 14.9 Å². The number of hydrogen-bond donors (Lipinski definition) is 1. The van der Waals surface area contributed by atoms with E-state index in [-0.39, 0.29) is 33.8 Å². The van der Waals surface area contributed by atoms with Gasteiger partial charge in [-0.1, -0.05) is 15.9 Å². The highest BCUT2D eigenvalue weighted by molar-refractivity contribution is 9.10. The summed E-state index contributed by atoms with van der Waals surface area (Å²) < 4.78 is 6.22. The Morgan fingerprint density at radius 3 is 2.67 bits per heavy atom. The average Bonchev–Trinajstić information content (AvgIpc) is 3.07. The summed E-state index contributed by atoms with van der Waals surface area (Å²) in [6, 6.07) is 9.49. The van der Waals surface area contributed by atoms with Crippen LogP contribution in [0.2, 0.25) is 0 Å². The minimum absolute atomic E-state index is 0.0539. The summed E-state index contributed by atoms with van der Waals surface area (Å²) in [5.41, 5.74) is 0.462. The van der Waals surface area contributed by atoms with Gasteiger partial charge in [0.25, 0.3) is 11.8 Å². The Hall–Kier alpha value is -3.44. The molecule has 0 radical (unpaired) electrons. The summed E-state index contributed by atoms with van der Waals surface area (Å²) in [4.78, 5) is 35.0. The Morgan fingerprint density at radius 2 is 2.00 bits per heavy atom. The van der Waals surface area contributed by atoms with Crippen molar-refractivity contribution in [1.29, 1.82) is 5.26 Å². The lowest BCUT2D eigenvalue weighted by atomic mass is 9.96. The van der Waals surface area contributed by atoms with Crippen LogP contribution in [-0.4, -0.2) is 17.8 Å². The van der Waals surface area contributed by atoms with Gasteiger partial charge in [-0.2, -0.15) is 5.26 Å². The van der Waals surface area contributed by atoms with Crippen LogP contribution in [0.25, 0.3) is 17.4 Å². The highest BCUT2D eigenvalue weighted by Crippen LogP contribution is 2.30. The standard InChI is InChI=1S/C19H11BrN2O5/c1-9-13(17(23)22-18(24)15(9)8-21)7-11-3-5-16(27-11)12-4-2-10(20)6-14(12)19(25)26/h2-7H,1H3,(H,25,26)(H,22,23,24)/p-1/b13-7-. The fraction of sp³-hybridized carbons (Fsp3) is 0.0526. The van der Waals surface area contributed by atoms with Crippen molar-refractivity contribution in [3.05, 3.63) is 62.8 Å². The van der Waals surface area contributed by atoms with E-state index in [1.807, 2.05) is 0 Å². The topological polar surface area (TPSA) is 123 Å². The molecular weight excluding hydrogens is 416 g/mol. The normalized spacial score (nSPS) is 15.7. The minimum atomic E-state index is -1.36. The van der Waals surface area contributed by atoms with Crippen LogP contribution in [0.4, 0.5) is 0 Å². The molecule has 1 aromatic carbocycles. The Balaban J connectivity index is 2.05. The smallest absolute Gasteiger partial charge is 0.269 e. The number of carbonyl (C=O) groups is 3. The first-order chi connectivity index (χ1) is 12.8. The number of aromatic carboxylic acids is 1. The van der Waals surface area contributed by atoms with E-state index in [4.69, 9.17) is 9.68 Å². The van der Waals surface area contributed by atoms with Crippen molar-refractivity contribution in [2.24, 2.45) is 0 Å². The monoisotopic (exact) mass is 425 g/mol. The third-order valence-corrected chi connectivity index (χ3v) is 4.46. The van der Waals surface area contributed by atoms with Crippen LogP contribution in [-0.2, 0) is 9.59 Å². The van der Waals surface area contributed by atoms with Crippen molar-refractivity contribution in [3.63, 3.8) is 0 Å². The van der Waals surface area contributed by atoms with Crippen LogP contribution in [0.5, 0.6) is 0 Å². The number of furan rings is 1. The van der Waals surface area contributed by atoms with Crippen LogP contribution in [0.1, 0.15) is 23.0 Å². The van der Waals surface area contributed by atoms with E-state index >= 15 is 0 Å². The molecule has 0 bridgehead atoms. The quantitative estimate of drug-likeness (QED) is 0.591. The Labute approximate surface area is 161 Å². The molecule has 1 N–H and O–H groups in total. The van der Waals surface area contributed by atoms with E-state index in [0.717, 1.165) is 0 Å². The molecule has 1 aliphatic rings. The number of rotatable bonds is 3. The van der Waals surface area contributed by atoms with Crippen molar-refractivity contribution >= 4 is 39.8 Å². The van der Waals surface area contributed by atoms with Crippen molar-refractivity contribution in [2.75, 3.05) is 0 Å². The first kappa shape index (κ1) is 18.4. The molecule has 0 fully saturated rings. The van der Waals surface area contributed by atoms with Gasteiger partial charge in [0.2, 0.25) is 0 Å². The third-order valence-electron chi connectivity index (χ3n) is 3.97. The summed E-state index contributed by atoms with van der Waals surface area (Å²) in [6.07, 6.45) is 1.38. The Bertz CT molecular complexity index is 1100. The summed E-state index contributed by atoms with van der Waals surface area (Å²) in [5.74, 6) is -2.22. The number of carboxylic acids is 1. The molecule has 7 nitrogen and oxygen atoms in total. The minimum Gasteiger partial charge on any atom is -0.545 e. The fourth-order valence-corrected chi connectivity index (χ4v) is 3.00. The number of halogens is 1. The second-order valence-electron chi connectivity index (χ2n) is 5.63. The summed E-state index contributed by atoms with van der Waals surface area (Å²) in [5, 5.41) is 22.5. The van der Waals surface area contributed by atoms with Gasteiger partial charge in [-0.15, -0.1) is 0 Å². The SMILES string of the molecule is CC1=C(C#N)C(=O)NC(=O)/C1=C\c1ccc(-c2ccc(Br)cc2C(=O)[O-])o1. The molecule has 0 saturated heterocycles. The van der Waals surface area contributed by atoms with Gasteiger partial charge in [-0.05, 0) is 48.9 Å². The molecule has 1 aromatic heterocycles. The van der Waals surface area contributed by atoms with Crippen molar-refractivity contribution in [3.8, 4) is 17.4 Å².